The van der Waals surface area contributed by atoms with Crippen LogP contribution in [0.2, 0.25) is 0 Å². The van der Waals surface area contributed by atoms with Gasteiger partial charge in [0, 0.05) is 56.4 Å². The van der Waals surface area contributed by atoms with Gasteiger partial charge in [-0.25, -0.2) is 9.97 Å². The van der Waals surface area contributed by atoms with Crippen molar-refractivity contribution in [3.05, 3.63) is 53.2 Å². The standard InChI is InChI=1S/C22H27N5O2/c1-14-15(2)24-20(22(28)26(3)4)25-21(14)27-9-7-18(13-27)23-12-16-5-6-19-17(11-16)8-10-29-19/h5-6,8,10-11,18,23H,7,9,12-13H2,1-4H3/t18-/m1/s1. The fourth-order valence-electron chi connectivity index (χ4n) is 3.72. The van der Waals surface area contributed by atoms with Crippen LogP contribution in [-0.4, -0.2) is 54.0 Å². The zero-order valence-electron chi connectivity index (χ0n) is 17.4. The van der Waals surface area contributed by atoms with Crippen LogP contribution in [-0.2, 0) is 6.54 Å². The van der Waals surface area contributed by atoms with Crippen molar-refractivity contribution >= 4 is 22.7 Å². The van der Waals surface area contributed by atoms with Crippen molar-refractivity contribution in [2.45, 2.75) is 32.9 Å². The number of furan rings is 1. The first-order chi connectivity index (χ1) is 13.9. The summed E-state index contributed by atoms with van der Waals surface area (Å²) >= 11 is 0. The molecule has 1 aliphatic rings. The van der Waals surface area contributed by atoms with E-state index in [0.29, 0.717) is 6.04 Å². The van der Waals surface area contributed by atoms with Gasteiger partial charge in [0.05, 0.1) is 6.26 Å². The van der Waals surface area contributed by atoms with Crippen LogP contribution in [0.15, 0.2) is 34.9 Å². The summed E-state index contributed by atoms with van der Waals surface area (Å²) in [4.78, 5) is 25.1. The highest BCUT2D eigenvalue weighted by molar-refractivity contribution is 5.90. The molecule has 0 aliphatic carbocycles. The highest BCUT2D eigenvalue weighted by Crippen LogP contribution is 2.24. The summed E-state index contributed by atoms with van der Waals surface area (Å²) in [5.41, 5.74) is 4.04. The summed E-state index contributed by atoms with van der Waals surface area (Å²) in [6.07, 6.45) is 2.76. The van der Waals surface area contributed by atoms with Crippen molar-refractivity contribution < 1.29 is 9.21 Å². The molecule has 2 aromatic heterocycles. The summed E-state index contributed by atoms with van der Waals surface area (Å²) in [5, 5.41) is 4.78. The molecule has 3 heterocycles. The largest absolute Gasteiger partial charge is 0.464 e. The van der Waals surface area contributed by atoms with Gasteiger partial charge in [-0.3, -0.25) is 4.79 Å². The molecule has 7 nitrogen and oxygen atoms in total. The Morgan fingerprint density at radius 2 is 2.10 bits per heavy atom. The second-order valence-corrected chi connectivity index (χ2v) is 7.89. The van der Waals surface area contributed by atoms with E-state index in [4.69, 9.17) is 4.42 Å². The Kier molecular flexibility index (Phi) is 5.24. The van der Waals surface area contributed by atoms with E-state index < -0.39 is 0 Å². The molecule has 1 aliphatic heterocycles. The number of carbonyl (C=O) groups is 1. The lowest BCUT2D eigenvalue weighted by Crippen LogP contribution is -2.33. The number of hydrogen-bond acceptors (Lipinski definition) is 6. The number of fused-ring (bicyclic) bond motifs is 1. The number of nitrogens with zero attached hydrogens (tertiary/aromatic N) is 4. The van der Waals surface area contributed by atoms with Gasteiger partial charge >= 0.3 is 0 Å². The minimum atomic E-state index is -0.169. The molecule has 0 saturated carbocycles. The fourth-order valence-corrected chi connectivity index (χ4v) is 3.72. The molecular weight excluding hydrogens is 366 g/mol. The van der Waals surface area contributed by atoms with Crippen molar-refractivity contribution in [1.82, 2.24) is 20.2 Å². The van der Waals surface area contributed by atoms with Gasteiger partial charge in [0.25, 0.3) is 5.91 Å². The molecule has 1 saturated heterocycles. The zero-order valence-corrected chi connectivity index (χ0v) is 17.4. The van der Waals surface area contributed by atoms with Gasteiger partial charge in [0.15, 0.2) is 0 Å². The summed E-state index contributed by atoms with van der Waals surface area (Å²) < 4.78 is 5.41. The molecule has 3 aromatic rings. The second-order valence-electron chi connectivity index (χ2n) is 7.89. The molecule has 1 fully saturated rings. The van der Waals surface area contributed by atoms with Crippen LogP contribution in [0, 0.1) is 13.8 Å². The van der Waals surface area contributed by atoms with Crippen molar-refractivity contribution in [2.75, 3.05) is 32.1 Å². The Hall–Kier alpha value is -2.93. The maximum Gasteiger partial charge on any atom is 0.291 e. The Bertz CT molecular complexity index is 1040. The number of anilines is 1. The van der Waals surface area contributed by atoms with Gasteiger partial charge < -0.3 is 19.5 Å². The number of aromatic nitrogens is 2. The van der Waals surface area contributed by atoms with Crippen LogP contribution in [0.5, 0.6) is 0 Å². The highest BCUT2D eigenvalue weighted by atomic mass is 16.3. The van der Waals surface area contributed by atoms with Crippen LogP contribution in [0.3, 0.4) is 0 Å². The van der Waals surface area contributed by atoms with Gasteiger partial charge in [-0.1, -0.05) is 6.07 Å². The Morgan fingerprint density at radius 1 is 1.28 bits per heavy atom. The van der Waals surface area contributed by atoms with Crippen molar-refractivity contribution in [1.29, 1.82) is 0 Å². The van der Waals surface area contributed by atoms with E-state index >= 15 is 0 Å². The third kappa shape index (κ3) is 3.96. The molecule has 1 atom stereocenters. The number of hydrogen-bond donors (Lipinski definition) is 1. The van der Waals surface area contributed by atoms with Gasteiger partial charge in [0.2, 0.25) is 5.82 Å². The SMILES string of the molecule is Cc1nc(C(=O)N(C)C)nc(N2CC[C@@H](NCc3ccc4occc4c3)C2)c1C. The van der Waals surface area contributed by atoms with E-state index in [9.17, 15) is 4.79 Å². The highest BCUT2D eigenvalue weighted by Gasteiger charge is 2.26. The van der Waals surface area contributed by atoms with Crippen LogP contribution < -0.4 is 10.2 Å². The minimum absolute atomic E-state index is 0.169. The first-order valence-corrected chi connectivity index (χ1v) is 9.93. The summed E-state index contributed by atoms with van der Waals surface area (Å²) in [5.74, 6) is 0.961. The Labute approximate surface area is 170 Å². The first kappa shape index (κ1) is 19.4. The Morgan fingerprint density at radius 3 is 2.90 bits per heavy atom. The van der Waals surface area contributed by atoms with Gasteiger partial charge in [-0.2, -0.15) is 0 Å². The molecule has 29 heavy (non-hydrogen) atoms. The molecule has 1 N–H and O–H groups in total. The normalized spacial score (nSPS) is 16.6. The van der Waals surface area contributed by atoms with Crippen molar-refractivity contribution in [3.63, 3.8) is 0 Å². The monoisotopic (exact) mass is 393 g/mol. The van der Waals surface area contributed by atoms with Crippen molar-refractivity contribution in [2.24, 2.45) is 0 Å². The lowest BCUT2D eigenvalue weighted by atomic mass is 10.1. The number of benzene rings is 1. The smallest absolute Gasteiger partial charge is 0.291 e. The lowest BCUT2D eigenvalue weighted by Gasteiger charge is -2.22. The van der Waals surface area contributed by atoms with Gasteiger partial charge in [0.1, 0.15) is 11.4 Å². The van der Waals surface area contributed by atoms with Crippen LogP contribution in [0.1, 0.15) is 33.9 Å². The molecule has 4 rings (SSSR count). The summed E-state index contributed by atoms with van der Waals surface area (Å²) in [7, 11) is 3.44. The summed E-state index contributed by atoms with van der Waals surface area (Å²) in [6, 6.07) is 8.64. The molecule has 1 amide bonds. The predicted molar refractivity (Wildman–Crippen MR) is 113 cm³/mol. The molecule has 152 valence electrons. The van der Waals surface area contributed by atoms with Crippen LogP contribution >= 0.6 is 0 Å². The molecule has 0 unspecified atom stereocenters. The van der Waals surface area contributed by atoms with E-state index in [1.807, 2.05) is 26.0 Å². The van der Waals surface area contributed by atoms with E-state index in [2.05, 4.69) is 32.3 Å². The molecule has 7 heteroatoms. The molecule has 0 bridgehead atoms. The zero-order chi connectivity index (χ0) is 20.5. The number of aryl methyl sites for hydroxylation is 1. The molecule has 0 spiro atoms. The maximum absolute atomic E-state index is 12.3. The van der Waals surface area contributed by atoms with Crippen LogP contribution in [0.4, 0.5) is 5.82 Å². The topological polar surface area (TPSA) is 74.5 Å². The Balaban J connectivity index is 1.44. The lowest BCUT2D eigenvalue weighted by molar-refractivity contribution is 0.0815. The quantitative estimate of drug-likeness (QED) is 0.718. The molecular formula is C22H27N5O2. The van der Waals surface area contributed by atoms with Crippen LogP contribution in [0.25, 0.3) is 11.0 Å². The van der Waals surface area contributed by atoms with Gasteiger partial charge in [-0.05, 0) is 44.0 Å². The van der Waals surface area contributed by atoms with E-state index in [0.717, 1.165) is 54.1 Å². The third-order valence-corrected chi connectivity index (χ3v) is 5.56. The van der Waals surface area contributed by atoms with E-state index in [1.54, 1.807) is 20.4 Å². The number of nitrogens with one attached hydrogen (secondary N) is 1. The molecule has 0 radical (unpaired) electrons. The molecule has 1 aromatic carbocycles. The number of rotatable bonds is 5. The van der Waals surface area contributed by atoms with Gasteiger partial charge in [-0.15, -0.1) is 0 Å². The number of carbonyl (C=O) groups excluding carboxylic acids is 1. The maximum atomic E-state index is 12.3. The minimum Gasteiger partial charge on any atom is -0.464 e. The number of amides is 1. The average Bonchev–Trinajstić information content (AvgIpc) is 3.36. The van der Waals surface area contributed by atoms with E-state index in [1.165, 1.54) is 10.5 Å². The van der Waals surface area contributed by atoms with E-state index in [-0.39, 0.29) is 11.7 Å². The average molecular weight is 393 g/mol. The summed E-state index contributed by atoms with van der Waals surface area (Å²) in [6.45, 7) is 6.54. The second kappa shape index (κ2) is 7.83. The predicted octanol–water partition coefficient (Wildman–Crippen LogP) is 2.91. The third-order valence-electron chi connectivity index (χ3n) is 5.56. The first-order valence-electron chi connectivity index (χ1n) is 9.93. The van der Waals surface area contributed by atoms with Crippen molar-refractivity contribution in [3.8, 4) is 0 Å². The fraction of sp³-hybridized carbons (Fsp3) is 0.409.